The van der Waals surface area contributed by atoms with E-state index in [2.05, 4.69) is 93.7 Å². The quantitative estimate of drug-likeness (QED) is 0.396. The minimum atomic E-state index is -1.71. The number of allylic oxidation sites excluding steroid dienone is 3. The van der Waals surface area contributed by atoms with Crippen LogP contribution in [0.25, 0.3) is 11.6 Å². The minimum absolute atomic E-state index is 0. The van der Waals surface area contributed by atoms with Gasteiger partial charge in [-0.15, -0.1) is 0 Å². The number of unbranched alkanes of at least 4 members (excludes halogenated alkanes) is 1. The predicted molar refractivity (Wildman–Crippen MR) is 138 cm³/mol. The van der Waals surface area contributed by atoms with Crippen molar-refractivity contribution in [3.05, 3.63) is 88.5 Å². The Balaban J connectivity index is 0.00000256. The predicted octanol–water partition coefficient (Wildman–Crippen LogP) is 7.56. The van der Waals surface area contributed by atoms with Crippen molar-refractivity contribution in [1.29, 1.82) is 0 Å². The van der Waals surface area contributed by atoms with Gasteiger partial charge in [-0.1, -0.05) is 119 Å². The van der Waals surface area contributed by atoms with Crippen LogP contribution >= 0.6 is 0 Å². The molecule has 153 valence electrons. The van der Waals surface area contributed by atoms with Crippen LogP contribution < -0.4 is 0 Å². The summed E-state index contributed by atoms with van der Waals surface area (Å²) in [4.78, 5) is 0. The van der Waals surface area contributed by atoms with Crippen LogP contribution in [-0.4, -0.2) is 26.9 Å². The molecule has 0 amide bonds. The van der Waals surface area contributed by atoms with Gasteiger partial charge in [-0.25, -0.2) is 0 Å². The molecule has 30 heavy (non-hydrogen) atoms. The molecule has 0 saturated carbocycles. The van der Waals surface area contributed by atoms with Gasteiger partial charge in [-0.2, -0.15) is 0 Å². The Hall–Kier alpha value is -1.27. The first-order valence-electron chi connectivity index (χ1n) is 11.5. The molecular weight excluding hydrogens is 371 g/mol. The van der Waals surface area contributed by atoms with Gasteiger partial charge in [0, 0.05) is 5.54 Å². The van der Waals surface area contributed by atoms with Crippen molar-refractivity contribution in [3.63, 3.8) is 0 Å². The first-order valence-corrected chi connectivity index (χ1v) is 14.6. The Kier molecular flexibility index (Phi) is 7.73. The van der Waals surface area contributed by atoms with Gasteiger partial charge in [0.15, 0.2) is 0 Å². The molecule has 2 aromatic carbocycles. The van der Waals surface area contributed by atoms with Gasteiger partial charge in [0.25, 0.3) is 0 Å². The third-order valence-corrected chi connectivity index (χ3v) is 11.1. The third kappa shape index (κ3) is 4.36. The number of hydrogen-bond acceptors (Lipinski definition) is 0. The summed E-state index contributed by atoms with van der Waals surface area (Å²) in [6.07, 6.45) is 14.0. The fourth-order valence-corrected chi connectivity index (χ4v) is 8.74. The molecule has 2 aromatic rings. The zero-order chi connectivity index (χ0) is 20.4. The molecule has 0 nitrogen and oxygen atoms in total. The van der Waals surface area contributed by atoms with E-state index < -0.39 is 8.07 Å². The molecule has 0 saturated heterocycles. The summed E-state index contributed by atoms with van der Waals surface area (Å²) >= 11 is 0. The van der Waals surface area contributed by atoms with E-state index in [-0.39, 0.29) is 18.9 Å². The molecule has 0 heterocycles. The van der Waals surface area contributed by atoms with Crippen LogP contribution in [0.15, 0.2) is 60.7 Å². The third-order valence-electron chi connectivity index (χ3n) is 7.20. The van der Waals surface area contributed by atoms with E-state index in [0.717, 1.165) is 5.92 Å². The van der Waals surface area contributed by atoms with Gasteiger partial charge < -0.3 is 0 Å². The van der Waals surface area contributed by atoms with Crippen molar-refractivity contribution >= 4 is 38.6 Å². The fourth-order valence-electron chi connectivity index (χ4n) is 5.33. The Labute approximate surface area is 197 Å². The van der Waals surface area contributed by atoms with Crippen molar-refractivity contribution in [2.24, 2.45) is 5.92 Å². The Bertz CT molecular complexity index is 924. The summed E-state index contributed by atoms with van der Waals surface area (Å²) in [5.41, 5.74) is 9.79. The van der Waals surface area contributed by atoms with Crippen molar-refractivity contribution in [2.75, 3.05) is 0 Å². The van der Waals surface area contributed by atoms with Crippen LogP contribution in [0.2, 0.25) is 13.1 Å². The van der Waals surface area contributed by atoms with Crippen molar-refractivity contribution in [2.45, 2.75) is 64.6 Å². The normalized spacial score (nSPS) is 18.5. The van der Waals surface area contributed by atoms with Crippen LogP contribution in [0.4, 0.5) is 0 Å². The summed E-state index contributed by atoms with van der Waals surface area (Å²) in [7, 11) is -1.71. The van der Waals surface area contributed by atoms with E-state index in [1.165, 1.54) is 54.4 Å². The molecule has 2 atom stereocenters. The molecule has 0 N–H and O–H groups in total. The number of benzene rings is 2. The van der Waals surface area contributed by atoms with Gasteiger partial charge in [-0.05, 0) is 45.7 Å². The molecule has 0 aliphatic heterocycles. The van der Waals surface area contributed by atoms with E-state index in [0.29, 0.717) is 5.54 Å². The fraction of sp³-hybridized carbons (Fsp3) is 0.393. The van der Waals surface area contributed by atoms with Crippen LogP contribution in [0.1, 0.15) is 73.7 Å². The molecule has 0 aromatic heterocycles. The SMILES string of the molecule is CCCCC(CC)CC1=C[C]([Si](C)(C)C2C=Cc3ccccc32)c2ccccc21.[LiH]. The van der Waals surface area contributed by atoms with Gasteiger partial charge in [0.2, 0.25) is 0 Å². The van der Waals surface area contributed by atoms with E-state index in [1.807, 2.05) is 0 Å². The van der Waals surface area contributed by atoms with E-state index >= 15 is 0 Å². The van der Waals surface area contributed by atoms with Gasteiger partial charge >= 0.3 is 18.9 Å². The standard InChI is InChI=1S/C28H35Si.Li.H/c1-5-7-12-21(6-2)19-23-20-28(26-16-11-10-14-24(23)26)29(3,4)27-18-17-22-13-8-9-15-25(22)27;;/h8-11,13-18,20-21,27H,5-7,12,19H2,1-4H3;;. The summed E-state index contributed by atoms with van der Waals surface area (Å²) in [6.45, 7) is 9.82. The van der Waals surface area contributed by atoms with E-state index in [9.17, 15) is 0 Å². The summed E-state index contributed by atoms with van der Waals surface area (Å²) < 4.78 is 0. The average Bonchev–Trinajstić information content (AvgIpc) is 3.34. The van der Waals surface area contributed by atoms with Gasteiger partial charge in [0.1, 0.15) is 0 Å². The van der Waals surface area contributed by atoms with Crippen LogP contribution in [0, 0.1) is 11.5 Å². The second-order valence-electron chi connectivity index (χ2n) is 9.44. The number of fused-ring (bicyclic) bond motifs is 2. The van der Waals surface area contributed by atoms with Crippen LogP contribution in [0.5, 0.6) is 0 Å². The molecule has 2 heteroatoms. The van der Waals surface area contributed by atoms with E-state index in [4.69, 9.17) is 0 Å². The monoisotopic (exact) mass is 407 g/mol. The zero-order valence-corrected chi connectivity index (χ0v) is 19.5. The topological polar surface area (TPSA) is 0 Å². The van der Waals surface area contributed by atoms with Crippen molar-refractivity contribution < 1.29 is 0 Å². The molecule has 4 rings (SSSR count). The Morgan fingerprint density at radius 2 is 1.63 bits per heavy atom. The first-order chi connectivity index (χ1) is 14.1. The molecule has 0 fully saturated rings. The Morgan fingerprint density at radius 3 is 2.37 bits per heavy atom. The summed E-state index contributed by atoms with van der Waals surface area (Å²) in [5, 5.41) is 0. The van der Waals surface area contributed by atoms with E-state index in [1.54, 1.807) is 11.1 Å². The number of rotatable bonds is 8. The van der Waals surface area contributed by atoms with Crippen LogP contribution in [0.3, 0.4) is 0 Å². The maximum atomic E-state index is 2.61. The molecule has 0 bridgehead atoms. The molecule has 2 unspecified atom stereocenters. The van der Waals surface area contributed by atoms with Crippen molar-refractivity contribution in [3.8, 4) is 0 Å². The second-order valence-corrected chi connectivity index (χ2v) is 14.0. The molecule has 2 aliphatic rings. The molecule has 2 aliphatic carbocycles. The maximum absolute atomic E-state index is 2.61. The van der Waals surface area contributed by atoms with Gasteiger partial charge in [-0.3, -0.25) is 0 Å². The molecule has 0 spiro atoms. The second kappa shape index (κ2) is 9.91. The first kappa shape index (κ1) is 23.4. The van der Waals surface area contributed by atoms with Crippen LogP contribution in [-0.2, 0) is 0 Å². The molecular formula is C28H36LiSi. The average molecular weight is 408 g/mol. The van der Waals surface area contributed by atoms with Crippen molar-refractivity contribution in [1.82, 2.24) is 0 Å². The van der Waals surface area contributed by atoms with Gasteiger partial charge in [0.05, 0.1) is 8.07 Å². The Morgan fingerprint density at radius 1 is 0.933 bits per heavy atom. The summed E-state index contributed by atoms with van der Waals surface area (Å²) in [5.74, 6) is 0.811. The zero-order valence-electron chi connectivity index (χ0n) is 18.5. The molecule has 1 radical (unpaired) electrons. The summed E-state index contributed by atoms with van der Waals surface area (Å²) in [6, 6.07) is 18.2. The number of hydrogen-bond donors (Lipinski definition) is 0.